The second-order valence-corrected chi connectivity index (χ2v) is 6.98. The van der Waals surface area contributed by atoms with Crippen molar-refractivity contribution in [3.8, 4) is 16.9 Å². The Hall–Kier alpha value is -2.59. The average Bonchev–Trinajstić information content (AvgIpc) is 3.10. The van der Waals surface area contributed by atoms with Gasteiger partial charge in [-0.25, -0.2) is 4.68 Å². The summed E-state index contributed by atoms with van der Waals surface area (Å²) in [6.07, 6.45) is 0. The second kappa shape index (κ2) is 7.97. The monoisotopic (exact) mass is 381 g/mol. The van der Waals surface area contributed by atoms with Crippen LogP contribution in [0.15, 0.2) is 48.5 Å². The fraction of sp³-hybridized carbons (Fsp3) is 0.273. The molecule has 4 nitrogen and oxygen atoms in total. The zero-order valence-corrected chi connectivity index (χ0v) is 16.9. The molecule has 0 spiro atoms. The average molecular weight is 382 g/mol. The Labute approximate surface area is 165 Å². The molecule has 0 atom stereocenters. The number of carbonyl (C=O) groups excluding carboxylic acids is 1. The Balaban J connectivity index is 2.23. The summed E-state index contributed by atoms with van der Waals surface area (Å²) < 4.78 is 1.75. The van der Waals surface area contributed by atoms with Gasteiger partial charge in [-0.15, -0.1) is 0 Å². The number of benzene rings is 2. The van der Waals surface area contributed by atoms with Crippen molar-refractivity contribution in [1.29, 1.82) is 0 Å². The van der Waals surface area contributed by atoms with Gasteiger partial charge in [0, 0.05) is 18.7 Å². The zero-order valence-electron chi connectivity index (χ0n) is 16.2. The summed E-state index contributed by atoms with van der Waals surface area (Å²) in [5.41, 5.74) is 5.13. The van der Waals surface area contributed by atoms with Gasteiger partial charge in [0.1, 0.15) is 5.69 Å². The quantitative estimate of drug-likeness (QED) is 0.602. The third kappa shape index (κ3) is 3.76. The molecule has 3 aromatic rings. The van der Waals surface area contributed by atoms with Crippen LogP contribution in [0.4, 0.5) is 0 Å². The molecule has 0 unspecified atom stereocenters. The molecule has 0 aliphatic heterocycles. The molecule has 5 heteroatoms. The van der Waals surface area contributed by atoms with Crippen LogP contribution in [0.2, 0.25) is 5.02 Å². The van der Waals surface area contributed by atoms with Crippen molar-refractivity contribution in [1.82, 2.24) is 14.7 Å². The molecule has 0 saturated carbocycles. The van der Waals surface area contributed by atoms with E-state index in [1.54, 1.807) is 9.58 Å². The molecule has 140 valence electrons. The van der Waals surface area contributed by atoms with Crippen LogP contribution in [0.3, 0.4) is 0 Å². The van der Waals surface area contributed by atoms with Gasteiger partial charge in [0.15, 0.2) is 0 Å². The minimum absolute atomic E-state index is 0.0355. The molecule has 0 aliphatic carbocycles. The lowest BCUT2D eigenvalue weighted by Crippen LogP contribution is -2.32. The van der Waals surface area contributed by atoms with Crippen LogP contribution in [-0.4, -0.2) is 33.7 Å². The summed E-state index contributed by atoms with van der Waals surface area (Å²) >= 11 is 6.37. The first kappa shape index (κ1) is 19.2. The molecular formula is C22H24ClN3O. The van der Waals surface area contributed by atoms with Crippen LogP contribution in [-0.2, 0) is 0 Å². The Morgan fingerprint density at radius 1 is 1.07 bits per heavy atom. The predicted octanol–water partition coefficient (Wildman–Crippen LogP) is 5.29. The van der Waals surface area contributed by atoms with Crippen molar-refractivity contribution in [3.63, 3.8) is 0 Å². The summed E-state index contributed by atoms with van der Waals surface area (Å²) in [6, 6.07) is 15.6. The highest BCUT2D eigenvalue weighted by Gasteiger charge is 2.22. The molecule has 2 aromatic carbocycles. The lowest BCUT2D eigenvalue weighted by molar-refractivity contribution is 0.0764. The number of nitrogens with zero attached hydrogens (tertiary/aromatic N) is 3. The first-order chi connectivity index (χ1) is 13.0. The fourth-order valence-corrected chi connectivity index (χ4v) is 3.37. The number of aromatic nitrogens is 2. The minimum atomic E-state index is -0.0355. The van der Waals surface area contributed by atoms with Crippen LogP contribution in [0.5, 0.6) is 0 Å². The molecule has 3 rings (SSSR count). The lowest BCUT2D eigenvalue weighted by Gasteiger charge is -2.19. The van der Waals surface area contributed by atoms with Crippen molar-refractivity contribution in [3.05, 3.63) is 70.4 Å². The first-order valence-electron chi connectivity index (χ1n) is 9.18. The molecule has 0 radical (unpaired) electrons. The molecular weight excluding hydrogens is 358 g/mol. The van der Waals surface area contributed by atoms with Gasteiger partial charge in [0.25, 0.3) is 5.91 Å². The van der Waals surface area contributed by atoms with E-state index in [0.717, 1.165) is 22.4 Å². The van der Waals surface area contributed by atoms with Gasteiger partial charge < -0.3 is 4.90 Å². The van der Waals surface area contributed by atoms with Crippen LogP contribution in [0, 0.1) is 13.8 Å². The molecule has 0 saturated heterocycles. The molecule has 0 aliphatic rings. The van der Waals surface area contributed by atoms with Crippen molar-refractivity contribution < 1.29 is 4.79 Å². The number of aryl methyl sites for hydroxylation is 2. The van der Waals surface area contributed by atoms with Crippen molar-refractivity contribution in [2.75, 3.05) is 13.1 Å². The van der Waals surface area contributed by atoms with Crippen molar-refractivity contribution in [2.24, 2.45) is 0 Å². The van der Waals surface area contributed by atoms with E-state index in [-0.39, 0.29) is 5.91 Å². The van der Waals surface area contributed by atoms with Gasteiger partial charge in [0.2, 0.25) is 0 Å². The highest BCUT2D eigenvalue weighted by atomic mass is 35.5. The van der Waals surface area contributed by atoms with Gasteiger partial charge in [-0.05, 0) is 57.0 Å². The Bertz CT molecular complexity index is 973. The number of halogens is 1. The summed E-state index contributed by atoms with van der Waals surface area (Å²) in [5, 5.41) is 5.39. The largest absolute Gasteiger partial charge is 0.338 e. The number of hydrogen-bond acceptors (Lipinski definition) is 2. The minimum Gasteiger partial charge on any atom is -0.338 e. The van der Waals surface area contributed by atoms with Gasteiger partial charge in [-0.1, -0.05) is 41.9 Å². The molecule has 1 aromatic heterocycles. The smallest absolute Gasteiger partial charge is 0.272 e. The summed E-state index contributed by atoms with van der Waals surface area (Å²) in [7, 11) is 0. The van der Waals surface area contributed by atoms with Crippen molar-refractivity contribution in [2.45, 2.75) is 27.7 Å². The summed E-state index contributed by atoms with van der Waals surface area (Å²) in [6.45, 7) is 9.32. The van der Waals surface area contributed by atoms with E-state index in [4.69, 9.17) is 16.7 Å². The van der Waals surface area contributed by atoms with E-state index in [9.17, 15) is 4.79 Å². The Morgan fingerprint density at radius 3 is 2.44 bits per heavy atom. The summed E-state index contributed by atoms with van der Waals surface area (Å²) in [5.74, 6) is -0.0355. The van der Waals surface area contributed by atoms with E-state index in [1.807, 2.05) is 64.1 Å². The first-order valence-corrected chi connectivity index (χ1v) is 9.55. The van der Waals surface area contributed by atoms with Crippen LogP contribution < -0.4 is 0 Å². The highest BCUT2D eigenvalue weighted by Crippen LogP contribution is 2.29. The van der Waals surface area contributed by atoms with E-state index >= 15 is 0 Å². The molecule has 1 heterocycles. The normalized spacial score (nSPS) is 10.9. The fourth-order valence-electron chi connectivity index (χ4n) is 3.14. The number of hydrogen-bond donors (Lipinski definition) is 0. The van der Waals surface area contributed by atoms with Crippen LogP contribution in [0.25, 0.3) is 16.9 Å². The van der Waals surface area contributed by atoms with E-state index in [2.05, 4.69) is 12.1 Å². The predicted molar refractivity (Wildman–Crippen MR) is 111 cm³/mol. The second-order valence-electron chi connectivity index (χ2n) is 6.57. The molecule has 27 heavy (non-hydrogen) atoms. The van der Waals surface area contributed by atoms with E-state index < -0.39 is 0 Å². The Kier molecular flexibility index (Phi) is 5.66. The van der Waals surface area contributed by atoms with Gasteiger partial charge in [0.05, 0.1) is 16.4 Å². The standard InChI is InChI=1S/C22H24ClN3O/c1-5-25(6-2)22(27)21-14-19(17-9-7-8-10-18(17)23)24-26(21)20-13-15(3)11-12-16(20)4/h7-14H,5-6H2,1-4H3. The zero-order chi connectivity index (χ0) is 19.6. The Morgan fingerprint density at radius 2 is 1.78 bits per heavy atom. The number of amides is 1. The molecule has 1 amide bonds. The van der Waals surface area contributed by atoms with Gasteiger partial charge in [-0.3, -0.25) is 4.79 Å². The SMILES string of the molecule is CCN(CC)C(=O)c1cc(-c2ccccc2Cl)nn1-c1cc(C)ccc1C. The van der Waals surface area contributed by atoms with Crippen LogP contribution >= 0.6 is 11.6 Å². The summed E-state index contributed by atoms with van der Waals surface area (Å²) in [4.78, 5) is 15.0. The molecule has 0 bridgehead atoms. The third-order valence-electron chi connectivity index (χ3n) is 4.72. The third-order valence-corrected chi connectivity index (χ3v) is 5.05. The van der Waals surface area contributed by atoms with Gasteiger partial charge >= 0.3 is 0 Å². The maximum atomic E-state index is 13.2. The molecule has 0 fully saturated rings. The van der Waals surface area contributed by atoms with E-state index in [1.165, 1.54) is 0 Å². The topological polar surface area (TPSA) is 38.1 Å². The maximum Gasteiger partial charge on any atom is 0.272 e. The number of rotatable bonds is 5. The van der Waals surface area contributed by atoms with E-state index in [0.29, 0.717) is 29.5 Å². The highest BCUT2D eigenvalue weighted by molar-refractivity contribution is 6.33. The number of carbonyl (C=O) groups is 1. The molecule has 0 N–H and O–H groups in total. The van der Waals surface area contributed by atoms with Crippen molar-refractivity contribution >= 4 is 17.5 Å². The maximum absolute atomic E-state index is 13.2. The van der Waals surface area contributed by atoms with Crippen LogP contribution in [0.1, 0.15) is 35.5 Å². The lowest BCUT2D eigenvalue weighted by atomic mass is 10.1. The van der Waals surface area contributed by atoms with Gasteiger partial charge in [-0.2, -0.15) is 5.10 Å².